The molecule has 0 N–H and O–H groups in total. The third kappa shape index (κ3) is 4.52. The molecule has 0 aliphatic heterocycles. The van der Waals surface area contributed by atoms with E-state index in [9.17, 15) is 0 Å². The van der Waals surface area contributed by atoms with E-state index in [1.165, 1.54) is 0 Å². The second kappa shape index (κ2) is 8.77. The second-order valence-corrected chi connectivity index (χ2v) is 6.67. The van der Waals surface area contributed by atoms with Gasteiger partial charge in [-0.05, 0) is 50.3 Å². The van der Waals surface area contributed by atoms with Gasteiger partial charge in [-0.1, -0.05) is 18.2 Å². The van der Waals surface area contributed by atoms with Gasteiger partial charge < -0.3 is 19.1 Å². The third-order valence-corrected chi connectivity index (χ3v) is 4.39. The smallest absolute Gasteiger partial charge is 0.240 e. The number of aromatic nitrogens is 2. The Labute approximate surface area is 160 Å². The minimum atomic E-state index is 0.627. The van der Waals surface area contributed by atoms with E-state index in [1.54, 1.807) is 14.2 Å². The highest BCUT2D eigenvalue weighted by atomic mass is 16.5. The van der Waals surface area contributed by atoms with Gasteiger partial charge in [0.15, 0.2) is 11.5 Å². The Morgan fingerprint density at radius 1 is 1.00 bits per heavy atom. The molecular weight excluding hydrogens is 342 g/mol. The SMILES string of the molecule is COc1ccc(Cn2nc(OCCCN(C)C)c3ccccc32)cc1OC. The third-order valence-electron chi connectivity index (χ3n) is 4.39. The molecule has 0 atom stereocenters. The standard InChI is InChI=1S/C21H27N3O3/c1-23(2)12-7-13-27-21-17-8-5-6-9-18(17)24(22-21)15-16-10-11-19(25-3)20(14-16)26-4/h5-6,8-11,14H,7,12-13,15H2,1-4H3. The number of rotatable bonds is 9. The average molecular weight is 369 g/mol. The van der Waals surface area contributed by atoms with Crippen LogP contribution in [-0.2, 0) is 6.54 Å². The summed E-state index contributed by atoms with van der Waals surface area (Å²) in [5.74, 6) is 2.12. The lowest BCUT2D eigenvalue weighted by Gasteiger charge is -2.10. The van der Waals surface area contributed by atoms with Gasteiger partial charge in [-0.2, -0.15) is 0 Å². The molecule has 0 spiro atoms. The molecule has 3 rings (SSSR count). The lowest BCUT2D eigenvalue weighted by Crippen LogP contribution is -2.15. The molecule has 0 fully saturated rings. The molecule has 0 saturated heterocycles. The number of para-hydroxylation sites is 1. The van der Waals surface area contributed by atoms with E-state index in [1.807, 2.05) is 35.0 Å². The van der Waals surface area contributed by atoms with Gasteiger partial charge in [0.05, 0.1) is 38.3 Å². The molecule has 144 valence electrons. The van der Waals surface area contributed by atoms with Crippen molar-refractivity contribution >= 4 is 10.9 Å². The number of nitrogens with zero attached hydrogens (tertiary/aromatic N) is 3. The van der Waals surface area contributed by atoms with Crippen molar-refractivity contribution < 1.29 is 14.2 Å². The lowest BCUT2D eigenvalue weighted by molar-refractivity contribution is 0.273. The average Bonchev–Trinajstić information content (AvgIpc) is 3.02. The quantitative estimate of drug-likeness (QED) is 0.541. The van der Waals surface area contributed by atoms with Crippen molar-refractivity contribution in [3.05, 3.63) is 48.0 Å². The fourth-order valence-corrected chi connectivity index (χ4v) is 3.03. The van der Waals surface area contributed by atoms with Crippen molar-refractivity contribution in [1.82, 2.24) is 14.7 Å². The largest absolute Gasteiger partial charge is 0.493 e. The maximum absolute atomic E-state index is 5.97. The van der Waals surface area contributed by atoms with Crippen molar-refractivity contribution in [2.75, 3.05) is 41.5 Å². The number of methoxy groups -OCH3 is 2. The van der Waals surface area contributed by atoms with Crippen LogP contribution in [0.15, 0.2) is 42.5 Å². The number of fused-ring (bicyclic) bond motifs is 1. The Bertz CT molecular complexity index is 890. The Morgan fingerprint density at radius 2 is 1.78 bits per heavy atom. The van der Waals surface area contributed by atoms with Crippen LogP contribution >= 0.6 is 0 Å². The molecule has 0 amide bonds. The second-order valence-electron chi connectivity index (χ2n) is 6.67. The fourth-order valence-electron chi connectivity index (χ4n) is 3.03. The van der Waals surface area contributed by atoms with E-state index < -0.39 is 0 Å². The first-order valence-corrected chi connectivity index (χ1v) is 9.06. The zero-order chi connectivity index (χ0) is 19.2. The molecule has 3 aromatic rings. The van der Waals surface area contributed by atoms with E-state index in [2.05, 4.69) is 31.1 Å². The molecule has 0 aliphatic rings. The van der Waals surface area contributed by atoms with Crippen LogP contribution in [0.1, 0.15) is 12.0 Å². The van der Waals surface area contributed by atoms with Crippen LogP contribution < -0.4 is 14.2 Å². The fraction of sp³-hybridized carbons (Fsp3) is 0.381. The summed E-state index contributed by atoms with van der Waals surface area (Å²) in [7, 11) is 7.41. The first kappa shape index (κ1) is 19.0. The Hall–Kier alpha value is -2.73. The molecule has 0 unspecified atom stereocenters. The van der Waals surface area contributed by atoms with Crippen molar-refractivity contribution in [1.29, 1.82) is 0 Å². The van der Waals surface area contributed by atoms with Crippen LogP contribution in [0.25, 0.3) is 10.9 Å². The summed E-state index contributed by atoms with van der Waals surface area (Å²) in [6, 6.07) is 14.1. The van der Waals surface area contributed by atoms with Gasteiger partial charge in [0.1, 0.15) is 0 Å². The maximum atomic E-state index is 5.97. The van der Waals surface area contributed by atoms with E-state index in [4.69, 9.17) is 19.3 Å². The van der Waals surface area contributed by atoms with Gasteiger partial charge >= 0.3 is 0 Å². The number of benzene rings is 2. The molecule has 27 heavy (non-hydrogen) atoms. The van der Waals surface area contributed by atoms with Crippen LogP contribution in [0.4, 0.5) is 0 Å². The predicted octanol–water partition coefficient (Wildman–Crippen LogP) is 3.43. The van der Waals surface area contributed by atoms with Crippen LogP contribution in [0, 0.1) is 0 Å². The first-order chi connectivity index (χ1) is 13.1. The molecule has 1 heterocycles. The summed E-state index contributed by atoms with van der Waals surface area (Å²) in [6.45, 7) is 2.27. The van der Waals surface area contributed by atoms with Crippen molar-refractivity contribution in [2.24, 2.45) is 0 Å². The summed E-state index contributed by atoms with van der Waals surface area (Å²) < 4.78 is 18.7. The molecule has 2 aromatic carbocycles. The zero-order valence-electron chi connectivity index (χ0n) is 16.4. The van der Waals surface area contributed by atoms with E-state index >= 15 is 0 Å². The number of ether oxygens (including phenoxy) is 3. The summed E-state index contributed by atoms with van der Waals surface area (Å²) >= 11 is 0. The Kier molecular flexibility index (Phi) is 6.19. The Balaban J connectivity index is 1.82. The normalized spacial score (nSPS) is 11.1. The molecule has 0 bridgehead atoms. The monoisotopic (exact) mass is 369 g/mol. The molecule has 0 aliphatic carbocycles. The van der Waals surface area contributed by atoms with Gasteiger partial charge in [0.25, 0.3) is 0 Å². The predicted molar refractivity (Wildman–Crippen MR) is 107 cm³/mol. The van der Waals surface area contributed by atoms with E-state index in [0.717, 1.165) is 35.2 Å². The summed E-state index contributed by atoms with van der Waals surface area (Å²) in [6.07, 6.45) is 0.962. The molecular formula is C21H27N3O3. The molecule has 0 radical (unpaired) electrons. The summed E-state index contributed by atoms with van der Waals surface area (Å²) in [5.41, 5.74) is 2.13. The van der Waals surface area contributed by atoms with E-state index in [-0.39, 0.29) is 0 Å². The minimum absolute atomic E-state index is 0.627. The number of hydrogen-bond acceptors (Lipinski definition) is 5. The lowest BCUT2D eigenvalue weighted by atomic mass is 10.2. The van der Waals surface area contributed by atoms with Gasteiger partial charge in [0.2, 0.25) is 5.88 Å². The van der Waals surface area contributed by atoms with E-state index in [0.29, 0.717) is 24.8 Å². The first-order valence-electron chi connectivity index (χ1n) is 9.06. The molecule has 1 aromatic heterocycles. The van der Waals surface area contributed by atoms with Crippen LogP contribution in [0.3, 0.4) is 0 Å². The van der Waals surface area contributed by atoms with Gasteiger partial charge in [-0.25, -0.2) is 0 Å². The van der Waals surface area contributed by atoms with Crippen molar-refractivity contribution in [3.8, 4) is 17.4 Å². The van der Waals surface area contributed by atoms with Gasteiger partial charge in [-0.3, -0.25) is 4.68 Å². The summed E-state index contributed by atoms with van der Waals surface area (Å²) in [5, 5.41) is 5.74. The topological polar surface area (TPSA) is 48.8 Å². The zero-order valence-corrected chi connectivity index (χ0v) is 16.4. The van der Waals surface area contributed by atoms with Crippen molar-refractivity contribution in [2.45, 2.75) is 13.0 Å². The van der Waals surface area contributed by atoms with Gasteiger partial charge in [0, 0.05) is 6.54 Å². The summed E-state index contributed by atoms with van der Waals surface area (Å²) in [4.78, 5) is 2.15. The Morgan fingerprint density at radius 3 is 2.52 bits per heavy atom. The highest BCUT2D eigenvalue weighted by Gasteiger charge is 2.13. The van der Waals surface area contributed by atoms with Crippen molar-refractivity contribution in [3.63, 3.8) is 0 Å². The van der Waals surface area contributed by atoms with Crippen LogP contribution in [-0.4, -0.2) is 56.1 Å². The molecule has 6 heteroatoms. The maximum Gasteiger partial charge on any atom is 0.240 e. The van der Waals surface area contributed by atoms with Gasteiger partial charge in [-0.15, -0.1) is 5.10 Å². The molecule has 0 saturated carbocycles. The minimum Gasteiger partial charge on any atom is -0.493 e. The highest BCUT2D eigenvalue weighted by molar-refractivity contribution is 5.84. The number of hydrogen-bond donors (Lipinski definition) is 0. The highest BCUT2D eigenvalue weighted by Crippen LogP contribution is 2.29. The molecule has 6 nitrogen and oxygen atoms in total. The van der Waals surface area contributed by atoms with Crippen LogP contribution in [0.5, 0.6) is 17.4 Å². The van der Waals surface area contributed by atoms with Crippen LogP contribution in [0.2, 0.25) is 0 Å².